The molecule has 0 heterocycles. The molecular formula is C22H18Cl4N2O3S. The van der Waals surface area contributed by atoms with Crippen LogP contribution in [0.3, 0.4) is 0 Å². The molecule has 0 spiro atoms. The zero-order valence-electron chi connectivity index (χ0n) is 16.6. The molecule has 0 atom stereocenters. The van der Waals surface area contributed by atoms with Gasteiger partial charge in [-0.2, -0.15) is 4.31 Å². The van der Waals surface area contributed by atoms with Gasteiger partial charge in [0.15, 0.2) is 0 Å². The van der Waals surface area contributed by atoms with Gasteiger partial charge in [-0.05, 0) is 53.6 Å². The van der Waals surface area contributed by atoms with Crippen molar-refractivity contribution in [2.45, 2.75) is 18.0 Å². The number of hydrogen-bond acceptors (Lipinski definition) is 3. The fourth-order valence-electron chi connectivity index (χ4n) is 2.87. The highest BCUT2D eigenvalue weighted by Crippen LogP contribution is 2.25. The Morgan fingerprint density at radius 2 is 1.53 bits per heavy atom. The maximum Gasteiger partial charge on any atom is 0.243 e. The number of halogens is 4. The first-order valence-corrected chi connectivity index (χ1v) is 12.3. The maximum atomic E-state index is 13.3. The van der Waals surface area contributed by atoms with Gasteiger partial charge in [0.25, 0.3) is 0 Å². The molecular weight excluding hydrogens is 514 g/mol. The lowest BCUT2D eigenvalue weighted by molar-refractivity contribution is -0.121. The van der Waals surface area contributed by atoms with Crippen LogP contribution in [-0.4, -0.2) is 25.2 Å². The zero-order valence-corrected chi connectivity index (χ0v) is 20.4. The van der Waals surface area contributed by atoms with Crippen molar-refractivity contribution in [3.05, 3.63) is 97.9 Å². The number of benzene rings is 3. The molecule has 1 amide bonds. The van der Waals surface area contributed by atoms with Crippen molar-refractivity contribution >= 4 is 62.3 Å². The van der Waals surface area contributed by atoms with E-state index in [0.29, 0.717) is 20.6 Å². The van der Waals surface area contributed by atoms with Gasteiger partial charge in [-0.15, -0.1) is 0 Å². The summed E-state index contributed by atoms with van der Waals surface area (Å²) < 4.78 is 27.6. The predicted molar refractivity (Wildman–Crippen MR) is 129 cm³/mol. The summed E-state index contributed by atoms with van der Waals surface area (Å²) in [5.74, 6) is -0.484. The summed E-state index contributed by atoms with van der Waals surface area (Å²) in [4.78, 5) is 12.7. The van der Waals surface area contributed by atoms with Gasteiger partial charge in [-0.3, -0.25) is 4.79 Å². The van der Waals surface area contributed by atoms with Gasteiger partial charge < -0.3 is 5.32 Å². The molecule has 0 saturated carbocycles. The zero-order chi connectivity index (χ0) is 23.3. The molecule has 0 saturated heterocycles. The second-order valence-corrected chi connectivity index (χ2v) is 10.4. The second kappa shape index (κ2) is 10.9. The molecule has 5 nitrogen and oxygen atoms in total. The SMILES string of the molecule is O=C(CN(Cc1ccc(Cl)c(Cl)c1)S(=O)(=O)c1ccc(Cl)cc1)NCc1ccccc1Cl. The Balaban J connectivity index is 1.83. The fraction of sp³-hybridized carbons (Fsp3) is 0.136. The Morgan fingerprint density at radius 1 is 0.844 bits per heavy atom. The Kier molecular flexibility index (Phi) is 8.44. The van der Waals surface area contributed by atoms with E-state index in [1.807, 2.05) is 0 Å². The van der Waals surface area contributed by atoms with E-state index in [0.717, 1.165) is 9.87 Å². The minimum absolute atomic E-state index is 0.0147. The molecule has 0 aromatic heterocycles. The molecule has 10 heteroatoms. The van der Waals surface area contributed by atoms with Crippen molar-refractivity contribution in [3.63, 3.8) is 0 Å². The monoisotopic (exact) mass is 530 g/mol. The van der Waals surface area contributed by atoms with Crippen LogP contribution >= 0.6 is 46.4 Å². The van der Waals surface area contributed by atoms with Gasteiger partial charge in [-0.1, -0.05) is 70.7 Å². The number of carbonyl (C=O) groups is 1. The van der Waals surface area contributed by atoms with Crippen molar-refractivity contribution in [1.29, 1.82) is 0 Å². The molecule has 168 valence electrons. The number of nitrogens with one attached hydrogen (secondary N) is 1. The molecule has 0 aliphatic rings. The van der Waals surface area contributed by atoms with Crippen LogP contribution in [-0.2, 0) is 27.9 Å². The predicted octanol–water partition coefficient (Wildman–Crippen LogP) is 5.81. The number of nitrogens with zero attached hydrogens (tertiary/aromatic N) is 1. The number of rotatable bonds is 8. The smallest absolute Gasteiger partial charge is 0.243 e. The van der Waals surface area contributed by atoms with Gasteiger partial charge in [0.2, 0.25) is 15.9 Å². The topological polar surface area (TPSA) is 66.5 Å². The van der Waals surface area contributed by atoms with Crippen LogP contribution in [0, 0.1) is 0 Å². The first-order valence-electron chi connectivity index (χ1n) is 9.36. The van der Waals surface area contributed by atoms with Crippen LogP contribution in [0.2, 0.25) is 20.1 Å². The highest BCUT2D eigenvalue weighted by molar-refractivity contribution is 7.89. The van der Waals surface area contributed by atoms with Gasteiger partial charge in [0.05, 0.1) is 21.5 Å². The van der Waals surface area contributed by atoms with E-state index >= 15 is 0 Å². The molecule has 3 rings (SSSR count). The Bertz CT molecular complexity index is 1220. The second-order valence-electron chi connectivity index (χ2n) is 6.84. The van der Waals surface area contributed by atoms with Gasteiger partial charge >= 0.3 is 0 Å². The summed E-state index contributed by atoms with van der Waals surface area (Å²) in [6, 6.07) is 17.6. The summed E-state index contributed by atoms with van der Waals surface area (Å²) in [5.41, 5.74) is 1.30. The lowest BCUT2D eigenvalue weighted by Crippen LogP contribution is -2.40. The van der Waals surface area contributed by atoms with E-state index in [4.69, 9.17) is 46.4 Å². The molecule has 0 fully saturated rings. The largest absolute Gasteiger partial charge is 0.351 e. The fourth-order valence-corrected chi connectivity index (χ4v) is 4.91. The van der Waals surface area contributed by atoms with Crippen LogP contribution in [0.5, 0.6) is 0 Å². The van der Waals surface area contributed by atoms with Gasteiger partial charge in [-0.25, -0.2) is 8.42 Å². The minimum Gasteiger partial charge on any atom is -0.351 e. The van der Waals surface area contributed by atoms with E-state index in [1.54, 1.807) is 42.5 Å². The van der Waals surface area contributed by atoms with E-state index in [1.165, 1.54) is 24.3 Å². The summed E-state index contributed by atoms with van der Waals surface area (Å²) in [6.07, 6.45) is 0. The Labute approximate surface area is 206 Å². The lowest BCUT2D eigenvalue weighted by atomic mass is 10.2. The van der Waals surface area contributed by atoms with Gasteiger partial charge in [0, 0.05) is 23.1 Å². The van der Waals surface area contributed by atoms with E-state index < -0.39 is 22.5 Å². The number of sulfonamides is 1. The average Bonchev–Trinajstić information content (AvgIpc) is 2.75. The van der Waals surface area contributed by atoms with E-state index in [-0.39, 0.29) is 23.0 Å². The minimum atomic E-state index is -4.01. The average molecular weight is 532 g/mol. The molecule has 32 heavy (non-hydrogen) atoms. The molecule has 0 radical (unpaired) electrons. The molecule has 3 aromatic rings. The number of amides is 1. The summed E-state index contributed by atoms with van der Waals surface area (Å²) in [7, 11) is -4.01. The first kappa shape index (κ1) is 24.8. The lowest BCUT2D eigenvalue weighted by Gasteiger charge is -2.22. The number of carbonyl (C=O) groups excluding carboxylic acids is 1. The third kappa shape index (κ3) is 6.38. The molecule has 3 aromatic carbocycles. The Morgan fingerprint density at radius 3 is 2.19 bits per heavy atom. The quantitative estimate of drug-likeness (QED) is 0.399. The standard InChI is InChI=1S/C22H18Cl4N2O3S/c23-17-6-8-18(9-7-17)32(30,31)28(13-15-5-10-20(25)21(26)11-15)14-22(29)27-12-16-3-1-2-4-19(16)24/h1-11H,12-14H2,(H,27,29). The van der Waals surface area contributed by atoms with Crippen molar-refractivity contribution in [3.8, 4) is 0 Å². The molecule has 0 unspecified atom stereocenters. The maximum absolute atomic E-state index is 13.3. The highest BCUT2D eigenvalue weighted by atomic mass is 35.5. The Hall–Kier alpha value is -1.80. The van der Waals surface area contributed by atoms with Crippen LogP contribution < -0.4 is 5.32 Å². The van der Waals surface area contributed by atoms with Crippen LogP contribution in [0.1, 0.15) is 11.1 Å². The molecule has 0 aliphatic carbocycles. The first-order chi connectivity index (χ1) is 15.2. The number of hydrogen-bond donors (Lipinski definition) is 1. The molecule has 0 bridgehead atoms. The third-order valence-corrected chi connectivity index (χ3v) is 7.71. The van der Waals surface area contributed by atoms with Crippen LogP contribution in [0.25, 0.3) is 0 Å². The molecule has 0 aliphatic heterocycles. The summed E-state index contributed by atoms with van der Waals surface area (Å²) in [6.45, 7) is -0.322. The normalized spacial score (nSPS) is 11.5. The van der Waals surface area contributed by atoms with Crippen molar-refractivity contribution in [2.24, 2.45) is 0 Å². The van der Waals surface area contributed by atoms with Crippen molar-refractivity contribution in [2.75, 3.05) is 6.54 Å². The summed E-state index contributed by atoms with van der Waals surface area (Å²) >= 11 is 24.1. The van der Waals surface area contributed by atoms with E-state index in [9.17, 15) is 13.2 Å². The van der Waals surface area contributed by atoms with Gasteiger partial charge in [0.1, 0.15) is 0 Å². The van der Waals surface area contributed by atoms with Crippen LogP contribution in [0.4, 0.5) is 0 Å². The summed E-state index contributed by atoms with van der Waals surface area (Å²) in [5, 5.41) is 4.26. The highest BCUT2D eigenvalue weighted by Gasteiger charge is 2.27. The third-order valence-electron chi connectivity index (χ3n) is 4.55. The van der Waals surface area contributed by atoms with Crippen LogP contribution in [0.15, 0.2) is 71.6 Å². The van der Waals surface area contributed by atoms with Crippen molar-refractivity contribution in [1.82, 2.24) is 9.62 Å². The van der Waals surface area contributed by atoms with Crippen molar-refractivity contribution < 1.29 is 13.2 Å². The molecule has 1 N–H and O–H groups in total. The van der Waals surface area contributed by atoms with E-state index in [2.05, 4.69) is 5.32 Å².